The van der Waals surface area contributed by atoms with Gasteiger partial charge in [-0.05, 0) is 158 Å². The molecule has 0 bridgehead atoms. The molecule has 0 amide bonds. The largest absolute Gasteiger partial charge is 0.146 e. The number of rotatable bonds is 12. The van der Waals surface area contributed by atoms with Crippen LogP contribution < -0.4 is 0 Å². The van der Waals surface area contributed by atoms with Gasteiger partial charge in [0.15, 0.2) is 0 Å². The normalized spacial score (nSPS) is 14.2. The highest BCUT2D eigenvalue weighted by Gasteiger charge is 2.45. The van der Waals surface area contributed by atoms with Gasteiger partial charge in [-0.2, -0.15) is 0 Å². The number of hydrogen-bond donors (Lipinski definition) is 0. The highest BCUT2D eigenvalue weighted by atomic mass is 32.2. The Kier molecular flexibility index (Phi) is 20.1. The second-order valence-electron chi connectivity index (χ2n) is 30.3. The molecule has 8 aromatic rings. The molecule has 10 rings (SSSR count). The molecule has 8 aromatic carbocycles. The predicted octanol–water partition coefficient (Wildman–Crippen LogP) is 27.1. The molecule has 0 N–H and O–H groups in total. The summed E-state index contributed by atoms with van der Waals surface area (Å²) in [7, 11) is -8.54. The number of benzene rings is 8. The molecule has 0 nitrogen and oxygen atoms in total. The van der Waals surface area contributed by atoms with Gasteiger partial charge in [0.1, 0.15) is 32.3 Å². The lowest BCUT2D eigenvalue weighted by Gasteiger charge is -2.38. The molecular weight excluding hydrogens is 1230 g/mol. The monoisotopic (exact) mass is 1320 g/mol. The average Bonchev–Trinajstić information content (AvgIpc) is 1.09. The molecule has 2 aliphatic rings. The molecule has 0 atom stereocenters. The first-order chi connectivity index (χ1) is 42.5. The molecule has 0 saturated carbocycles. The second-order valence-corrected chi connectivity index (χ2v) is 57.3. The molecule has 8 heteroatoms. The molecule has 468 valence electrons. The summed E-state index contributed by atoms with van der Waals surface area (Å²) in [6.07, 6.45) is 0. The van der Waals surface area contributed by atoms with Crippen molar-refractivity contribution in [1.82, 2.24) is 0 Å². The van der Waals surface area contributed by atoms with Crippen molar-refractivity contribution >= 4 is 144 Å². The summed E-state index contributed by atoms with van der Waals surface area (Å²) in [4.78, 5) is 5.24. The van der Waals surface area contributed by atoms with Crippen molar-refractivity contribution in [3.63, 3.8) is 0 Å². The molecule has 2 heterocycles. The number of hydrogen-bond acceptors (Lipinski definition) is 4. The summed E-state index contributed by atoms with van der Waals surface area (Å²) in [6, 6.07) is 37.8. The quantitative estimate of drug-likeness (QED) is 0.0679. The highest BCUT2D eigenvalue weighted by Crippen LogP contribution is 2.63. The van der Waals surface area contributed by atoms with Gasteiger partial charge in [0.25, 0.3) is 0 Å². The van der Waals surface area contributed by atoms with Gasteiger partial charge in [0, 0.05) is 63.4 Å². The van der Waals surface area contributed by atoms with E-state index in [1.54, 1.807) is 0 Å². The Morgan fingerprint density at radius 1 is 0.233 bits per heavy atom. The van der Waals surface area contributed by atoms with Crippen LogP contribution in [0.3, 0.4) is 0 Å². The summed E-state index contributed by atoms with van der Waals surface area (Å²) in [5.41, 5.74) is 27.9. The first kappa shape index (κ1) is 68.4. The Hall–Kier alpha value is -4.43. The lowest BCUT2D eigenvalue weighted by atomic mass is 9.90. The van der Waals surface area contributed by atoms with E-state index < -0.39 is 32.3 Å². The second kappa shape index (κ2) is 26.4. The third-order valence-electron chi connectivity index (χ3n) is 22.2. The van der Waals surface area contributed by atoms with Gasteiger partial charge in [-0.3, -0.25) is 0 Å². The van der Waals surface area contributed by atoms with Gasteiger partial charge in [0.05, 0.1) is 8.47 Å². The molecule has 0 radical (unpaired) electrons. The van der Waals surface area contributed by atoms with E-state index in [1.807, 2.05) is 47.0 Å². The van der Waals surface area contributed by atoms with E-state index in [1.165, 1.54) is 92.7 Å². The van der Waals surface area contributed by atoms with Gasteiger partial charge in [-0.25, -0.2) is 0 Å². The molecule has 0 unspecified atom stereocenters. The average molecular weight is 1330 g/mol. The van der Waals surface area contributed by atoms with E-state index in [4.69, 9.17) is 0 Å². The number of fused-ring (bicyclic) bond motifs is 8. The first-order valence-corrected chi connectivity index (χ1v) is 46.2. The fourth-order valence-electron chi connectivity index (χ4n) is 17.7. The Balaban J connectivity index is 1.24. The number of thioether (sulfide) groups is 4. The van der Waals surface area contributed by atoms with E-state index in [9.17, 15) is 0 Å². The fraction of sp³-hybridized carbons (Fsp3) is 0.439. The van der Waals surface area contributed by atoms with Crippen molar-refractivity contribution in [2.75, 3.05) is 0 Å². The Labute approximate surface area is 565 Å². The van der Waals surface area contributed by atoms with Gasteiger partial charge >= 0.3 is 0 Å². The summed E-state index contributed by atoms with van der Waals surface area (Å²) >= 11 is 7.83. The molecule has 0 spiro atoms. The van der Waals surface area contributed by atoms with Gasteiger partial charge in [-0.1, -0.05) is 285 Å². The van der Waals surface area contributed by atoms with Crippen molar-refractivity contribution in [2.24, 2.45) is 0 Å². The van der Waals surface area contributed by atoms with Crippen LogP contribution >= 0.6 is 47.0 Å². The summed E-state index contributed by atoms with van der Waals surface area (Å²) in [6.45, 7) is 58.6. The van der Waals surface area contributed by atoms with Crippen LogP contribution in [0.5, 0.6) is 0 Å². The van der Waals surface area contributed by atoms with Crippen molar-refractivity contribution in [3.8, 4) is 45.9 Å². The Bertz CT molecular complexity index is 3810. The van der Waals surface area contributed by atoms with Crippen LogP contribution in [-0.4, -0.2) is 32.3 Å². The zero-order valence-electron chi connectivity index (χ0n) is 58.8. The van der Waals surface area contributed by atoms with E-state index in [0.29, 0.717) is 66.5 Å². The van der Waals surface area contributed by atoms with Crippen LogP contribution in [0.2, 0.25) is 66.5 Å². The molecule has 0 aliphatic carbocycles. The van der Waals surface area contributed by atoms with Gasteiger partial charge in [-0.15, -0.1) is 22.2 Å². The van der Waals surface area contributed by atoms with Crippen LogP contribution in [0.25, 0.3) is 64.6 Å². The minimum absolute atomic E-state index is 0.517. The Morgan fingerprint density at radius 3 is 0.544 bits per heavy atom. The van der Waals surface area contributed by atoms with Crippen LogP contribution in [0.15, 0.2) is 125 Å². The third-order valence-corrected chi connectivity index (χ3v) is 52.9. The van der Waals surface area contributed by atoms with E-state index >= 15 is 0 Å². The predicted molar refractivity (Wildman–Crippen MR) is 420 cm³/mol. The topological polar surface area (TPSA) is 0 Å². The standard InChI is InChI=1S/C82H100S4Si4/c1-49(2)87(50(3)4,51(5)6)37-33-65-69-41-61-29-25-26-30-62(61)42-70(69)66(34-38-88(52(7)8,53(9)10)54(11)12)74-46-78-77(45-73(65)74)83-81(84-78)82-85-79-47-75-67(35-39-89(55(13)14,56(15)16)57(17)18)71-43-63-31-27-28-32-64(63)44-72(71)68(76(75)48-80(79)86-82)36-40-90(58(19)20,59(21)22)60(23)24/h25-32,41-60H,1-24H3. The Morgan fingerprint density at radius 2 is 0.389 bits per heavy atom. The molecule has 2 aliphatic heterocycles. The summed E-state index contributed by atoms with van der Waals surface area (Å²) < 4.78 is 2.70. The lowest BCUT2D eigenvalue weighted by Crippen LogP contribution is -2.43. The van der Waals surface area contributed by atoms with Crippen LogP contribution in [-0.2, 0) is 0 Å². The maximum Gasteiger partial charge on any atom is 0.146 e. The maximum atomic E-state index is 4.25. The van der Waals surface area contributed by atoms with Crippen molar-refractivity contribution in [3.05, 3.63) is 128 Å². The van der Waals surface area contributed by atoms with E-state index in [2.05, 4.69) is 309 Å². The van der Waals surface area contributed by atoms with Crippen molar-refractivity contribution < 1.29 is 0 Å². The lowest BCUT2D eigenvalue weighted by molar-refractivity contribution is 0.838. The smallest absolute Gasteiger partial charge is 0.125 e. The molecular formula is C82H100S4Si4. The molecule has 0 saturated heterocycles. The van der Waals surface area contributed by atoms with Gasteiger partial charge in [0.2, 0.25) is 0 Å². The summed E-state index contributed by atoms with van der Waals surface area (Å²) in [5.74, 6) is 16.5. The summed E-state index contributed by atoms with van der Waals surface area (Å²) in [5, 5.41) is 14.8. The zero-order valence-corrected chi connectivity index (χ0v) is 66.1. The molecule has 0 aromatic heterocycles. The molecule has 0 fully saturated rings. The third kappa shape index (κ3) is 11.6. The van der Waals surface area contributed by atoms with Crippen molar-refractivity contribution in [1.29, 1.82) is 0 Å². The van der Waals surface area contributed by atoms with Gasteiger partial charge < -0.3 is 0 Å². The van der Waals surface area contributed by atoms with Crippen LogP contribution in [0, 0.1) is 45.9 Å². The van der Waals surface area contributed by atoms with Crippen LogP contribution in [0.4, 0.5) is 0 Å². The molecule has 90 heavy (non-hydrogen) atoms. The van der Waals surface area contributed by atoms with Crippen molar-refractivity contribution in [2.45, 2.75) is 252 Å². The zero-order chi connectivity index (χ0) is 65.4. The van der Waals surface area contributed by atoms with E-state index in [-0.39, 0.29) is 0 Å². The minimum atomic E-state index is -2.13. The maximum absolute atomic E-state index is 4.25. The minimum Gasteiger partial charge on any atom is -0.125 e. The fourth-order valence-corrected chi connectivity index (χ4v) is 43.9. The van der Waals surface area contributed by atoms with Crippen LogP contribution in [0.1, 0.15) is 188 Å². The van der Waals surface area contributed by atoms with E-state index in [0.717, 1.165) is 22.3 Å². The SMILES string of the molecule is CC(C)[Si](C#Cc1c2cc3c(cc2c(C#C[Si](C(C)C)(C(C)C)C(C)C)c2cc4ccccc4cc12)SC(=C1Sc2cc4c(C#C[Si](C(C)C)(C(C)C)C(C)C)c5cc6ccccc6cc5c(C#C[Si](C(C)C)(C(C)C)C(C)C)c4cc2S1)S3)(C(C)C)C(C)C. The highest BCUT2D eigenvalue weighted by molar-refractivity contribution is 8.30. The first-order valence-electron chi connectivity index (χ1n) is 34.0.